The third-order valence-electron chi connectivity index (χ3n) is 1.34. The summed E-state index contributed by atoms with van der Waals surface area (Å²) >= 11 is 1.71. The van der Waals surface area contributed by atoms with Crippen molar-refractivity contribution in [3.05, 3.63) is 29.3 Å². The summed E-state index contributed by atoms with van der Waals surface area (Å²) < 4.78 is 1.22. The van der Waals surface area contributed by atoms with Gasteiger partial charge in [-0.2, -0.15) is 29.5 Å². The Hall–Kier alpha value is 0.162. The fourth-order valence-corrected chi connectivity index (χ4v) is 1.74. The number of benzene rings is 1. The van der Waals surface area contributed by atoms with Crippen molar-refractivity contribution in [2.45, 2.75) is 6.92 Å². The second-order valence-electron chi connectivity index (χ2n) is 2.13. The van der Waals surface area contributed by atoms with Gasteiger partial charge in [-0.15, -0.1) is 6.07 Å². The van der Waals surface area contributed by atoms with Crippen LogP contribution in [0.5, 0.6) is 0 Å². The van der Waals surface area contributed by atoms with Gasteiger partial charge in [-0.25, -0.2) is 0 Å². The van der Waals surface area contributed by atoms with E-state index in [1.165, 1.54) is 4.70 Å². The molecule has 3 heteroatoms. The van der Waals surface area contributed by atoms with Gasteiger partial charge in [0, 0.05) is 31.1 Å². The molecule has 11 heavy (non-hydrogen) atoms. The van der Waals surface area contributed by atoms with E-state index in [-0.39, 0.29) is 31.1 Å². The van der Waals surface area contributed by atoms with Crippen LogP contribution in [0.25, 0.3) is 10.2 Å². The molecule has 2 aromatic rings. The number of hydrogen-bond acceptors (Lipinski definition) is 2. The van der Waals surface area contributed by atoms with Crippen molar-refractivity contribution in [1.29, 1.82) is 0 Å². The van der Waals surface area contributed by atoms with Gasteiger partial charge in [-0.05, 0) is 12.4 Å². The van der Waals surface area contributed by atoms with Gasteiger partial charge in [-0.3, -0.25) is 4.98 Å². The number of fused-ring (bicyclic) bond motifs is 1. The molecule has 0 atom stereocenters. The summed E-state index contributed by atoms with van der Waals surface area (Å²) in [4.78, 5) is 4.31. The Morgan fingerprint density at radius 2 is 2.36 bits per heavy atom. The van der Waals surface area contributed by atoms with E-state index < -0.39 is 0 Å². The third-order valence-corrected chi connectivity index (χ3v) is 2.27. The van der Waals surface area contributed by atoms with E-state index in [0.29, 0.717) is 0 Å². The molecule has 0 unspecified atom stereocenters. The number of thiazole rings is 1. The average molecular weight is 386 g/mol. The first kappa shape index (κ1) is 9.25. The van der Waals surface area contributed by atoms with Crippen LogP contribution < -0.4 is 0 Å². The summed E-state index contributed by atoms with van der Waals surface area (Å²) in [6.45, 7) is 2.02. The molecule has 0 saturated heterocycles. The van der Waals surface area contributed by atoms with E-state index in [1.54, 1.807) is 11.3 Å². The molecule has 1 nitrogen and oxygen atoms in total. The Balaban J connectivity index is 0.000000605. The van der Waals surface area contributed by atoms with E-state index in [4.69, 9.17) is 0 Å². The fraction of sp³-hybridized carbons (Fsp3) is 0.125. The van der Waals surface area contributed by atoms with Crippen LogP contribution in [0.15, 0.2) is 18.2 Å². The fourth-order valence-electron chi connectivity index (χ4n) is 0.933. The van der Waals surface area contributed by atoms with Crippen molar-refractivity contribution in [3.63, 3.8) is 0 Å². The Bertz CT molecular complexity index is 323. The molecule has 1 aromatic heterocycles. The Morgan fingerprint density at radius 3 is 3.09 bits per heavy atom. The molecule has 0 fully saturated rings. The molecule has 0 amide bonds. The standard InChI is InChI=1S/C8H6NS.U/c1-6-9-7-4-2-3-5-8(7)10-6;/h2,4-5H,1H3;/q-1;. The van der Waals surface area contributed by atoms with Crippen LogP contribution in [0.3, 0.4) is 0 Å². The molecule has 1 aromatic carbocycles. The monoisotopic (exact) mass is 386 g/mol. The van der Waals surface area contributed by atoms with Crippen molar-refractivity contribution >= 4 is 21.6 Å². The molecule has 0 aliphatic carbocycles. The van der Waals surface area contributed by atoms with E-state index in [9.17, 15) is 0 Å². The summed E-state index contributed by atoms with van der Waals surface area (Å²) in [5, 5.41) is 1.12. The molecule has 0 bridgehead atoms. The number of aromatic nitrogens is 1. The maximum Gasteiger partial charge on any atom is 0.0761 e. The molecule has 0 N–H and O–H groups in total. The first-order chi connectivity index (χ1) is 4.86. The van der Waals surface area contributed by atoms with Crippen molar-refractivity contribution in [3.8, 4) is 0 Å². The van der Waals surface area contributed by atoms with E-state index in [1.807, 2.05) is 25.1 Å². The summed E-state index contributed by atoms with van der Waals surface area (Å²) in [6, 6.07) is 8.87. The van der Waals surface area contributed by atoms with E-state index in [2.05, 4.69) is 11.1 Å². The third kappa shape index (κ3) is 1.84. The minimum absolute atomic E-state index is 0. The van der Waals surface area contributed by atoms with Crippen molar-refractivity contribution in [1.82, 2.24) is 4.98 Å². The van der Waals surface area contributed by atoms with Crippen LogP contribution in [0, 0.1) is 44.1 Å². The quantitative estimate of drug-likeness (QED) is 0.634. The van der Waals surface area contributed by atoms with Gasteiger partial charge in [0.05, 0.1) is 5.01 Å². The first-order valence-corrected chi connectivity index (χ1v) is 3.91. The minimum Gasteiger partial charge on any atom is -0.269 e. The van der Waals surface area contributed by atoms with Crippen molar-refractivity contribution in [2.24, 2.45) is 0 Å². The van der Waals surface area contributed by atoms with Crippen LogP contribution in [-0.2, 0) is 0 Å². The Labute approximate surface area is 93.2 Å². The number of rotatable bonds is 0. The normalized spacial score (nSPS) is 9.55. The second kappa shape index (κ2) is 3.71. The molecule has 0 aliphatic rings. The van der Waals surface area contributed by atoms with Crippen LogP contribution in [0.1, 0.15) is 5.01 Å². The summed E-state index contributed by atoms with van der Waals surface area (Å²) in [5.74, 6) is 0. The molecule has 0 saturated carbocycles. The zero-order valence-corrected chi connectivity index (χ0v) is 11.1. The van der Waals surface area contributed by atoms with Crippen LogP contribution in [0.2, 0.25) is 0 Å². The molecule has 0 aliphatic heterocycles. The smallest absolute Gasteiger partial charge is 0.0761 e. The maximum absolute atomic E-state index is 4.31. The molecule has 2 rings (SSSR count). The van der Waals surface area contributed by atoms with Crippen LogP contribution in [-0.4, -0.2) is 4.98 Å². The van der Waals surface area contributed by atoms with E-state index >= 15 is 0 Å². The molecular weight excluding hydrogens is 380 g/mol. The molecule has 0 spiro atoms. The van der Waals surface area contributed by atoms with Gasteiger partial charge < -0.3 is 0 Å². The first-order valence-electron chi connectivity index (χ1n) is 3.09. The molecular formula is C8H6NSU-. The zero-order valence-electron chi connectivity index (χ0n) is 6.09. The van der Waals surface area contributed by atoms with Crippen LogP contribution in [0.4, 0.5) is 0 Å². The second-order valence-corrected chi connectivity index (χ2v) is 3.36. The number of hydrogen-bond donors (Lipinski definition) is 0. The zero-order chi connectivity index (χ0) is 6.97. The Morgan fingerprint density at radius 1 is 1.55 bits per heavy atom. The molecule has 0 radical (unpaired) electrons. The van der Waals surface area contributed by atoms with Gasteiger partial charge in [0.25, 0.3) is 0 Å². The topological polar surface area (TPSA) is 12.9 Å². The average Bonchev–Trinajstić information content (AvgIpc) is 2.27. The minimum atomic E-state index is 0. The number of aryl methyl sites for hydroxylation is 1. The predicted octanol–water partition coefficient (Wildman–Crippen LogP) is 2.40. The summed E-state index contributed by atoms with van der Waals surface area (Å²) in [6.07, 6.45) is 0. The predicted molar refractivity (Wildman–Crippen MR) is 43.2 cm³/mol. The van der Waals surface area contributed by atoms with Crippen molar-refractivity contribution < 1.29 is 31.1 Å². The Kier molecular flexibility index (Phi) is 3.12. The SMILES string of the molecule is Cc1nc2cc[c-]cc2s1.[U]. The van der Waals surface area contributed by atoms with Gasteiger partial charge in [0.2, 0.25) is 0 Å². The van der Waals surface area contributed by atoms with Crippen molar-refractivity contribution in [2.75, 3.05) is 0 Å². The summed E-state index contributed by atoms with van der Waals surface area (Å²) in [5.41, 5.74) is 1.08. The van der Waals surface area contributed by atoms with E-state index in [0.717, 1.165) is 10.5 Å². The largest absolute Gasteiger partial charge is 0.269 e. The van der Waals surface area contributed by atoms with Gasteiger partial charge in [0.1, 0.15) is 0 Å². The number of nitrogens with zero attached hydrogens (tertiary/aromatic N) is 1. The van der Waals surface area contributed by atoms with Gasteiger partial charge >= 0.3 is 0 Å². The van der Waals surface area contributed by atoms with Gasteiger partial charge in [-0.1, -0.05) is 4.70 Å². The maximum atomic E-state index is 4.31. The molecule has 54 valence electrons. The summed E-state index contributed by atoms with van der Waals surface area (Å²) in [7, 11) is 0. The molecule has 1 heterocycles. The van der Waals surface area contributed by atoms with Gasteiger partial charge in [0.15, 0.2) is 0 Å². The van der Waals surface area contributed by atoms with Crippen LogP contribution >= 0.6 is 11.3 Å².